The van der Waals surface area contributed by atoms with Crippen LogP contribution >= 0.6 is 0 Å². The molecule has 0 saturated heterocycles. The van der Waals surface area contributed by atoms with E-state index in [0.29, 0.717) is 5.69 Å². The van der Waals surface area contributed by atoms with E-state index in [4.69, 9.17) is 0 Å². The van der Waals surface area contributed by atoms with Crippen LogP contribution < -0.4 is 10.6 Å². The van der Waals surface area contributed by atoms with Gasteiger partial charge in [0.05, 0.1) is 24.6 Å². The van der Waals surface area contributed by atoms with Crippen molar-refractivity contribution >= 4 is 11.6 Å². The van der Waals surface area contributed by atoms with Crippen molar-refractivity contribution in [3.63, 3.8) is 0 Å². The summed E-state index contributed by atoms with van der Waals surface area (Å²) in [5.41, 5.74) is 0.545. The van der Waals surface area contributed by atoms with Crippen molar-refractivity contribution in [3.05, 3.63) is 18.7 Å². The number of nitrogens with one attached hydrogen (secondary N) is 2. The van der Waals surface area contributed by atoms with Gasteiger partial charge in [0.15, 0.2) is 0 Å². The van der Waals surface area contributed by atoms with Gasteiger partial charge in [0, 0.05) is 5.54 Å². The largest absolute Gasteiger partial charge is 0.322 e. The highest BCUT2D eigenvalue weighted by Crippen LogP contribution is 2.01. The van der Waals surface area contributed by atoms with Crippen LogP contribution in [0.2, 0.25) is 0 Å². The maximum Gasteiger partial charge on any atom is 0.238 e. The molecule has 1 aromatic heterocycles. The van der Waals surface area contributed by atoms with Gasteiger partial charge in [-0.25, -0.2) is 9.97 Å². The van der Waals surface area contributed by atoms with E-state index in [1.807, 2.05) is 20.8 Å². The smallest absolute Gasteiger partial charge is 0.238 e. The molecule has 82 valence electrons. The molecule has 1 amide bonds. The summed E-state index contributed by atoms with van der Waals surface area (Å²) in [5, 5.41) is 5.78. The molecular weight excluding hydrogens is 192 g/mol. The molecule has 1 aromatic rings. The second kappa shape index (κ2) is 4.84. The number of hydrogen-bond donors (Lipinski definition) is 2. The number of carbonyl (C=O) groups is 1. The number of aromatic nitrogens is 2. The fraction of sp³-hybridized carbons (Fsp3) is 0.500. The topological polar surface area (TPSA) is 66.9 Å². The zero-order chi connectivity index (χ0) is 11.3. The van der Waals surface area contributed by atoms with Crippen LogP contribution in [0.15, 0.2) is 18.7 Å². The Kier molecular flexibility index (Phi) is 3.74. The Hall–Kier alpha value is -1.49. The fourth-order valence-electron chi connectivity index (χ4n) is 0.914. The molecule has 5 nitrogen and oxygen atoms in total. The van der Waals surface area contributed by atoms with E-state index in [2.05, 4.69) is 20.6 Å². The van der Waals surface area contributed by atoms with Gasteiger partial charge in [0.2, 0.25) is 5.91 Å². The number of carbonyl (C=O) groups excluding carboxylic acids is 1. The van der Waals surface area contributed by atoms with Crippen LogP contribution in [0.25, 0.3) is 0 Å². The Bertz CT molecular complexity index is 318. The zero-order valence-electron chi connectivity index (χ0n) is 9.24. The summed E-state index contributed by atoms with van der Waals surface area (Å²) >= 11 is 0. The molecule has 0 saturated carbocycles. The average molecular weight is 208 g/mol. The summed E-state index contributed by atoms with van der Waals surface area (Å²) in [5.74, 6) is -0.0975. The second-order valence-corrected chi connectivity index (χ2v) is 4.28. The lowest BCUT2D eigenvalue weighted by molar-refractivity contribution is -0.115. The van der Waals surface area contributed by atoms with Crippen LogP contribution in [0.4, 0.5) is 5.69 Å². The molecule has 1 heterocycles. The summed E-state index contributed by atoms with van der Waals surface area (Å²) in [7, 11) is 0. The first-order valence-electron chi connectivity index (χ1n) is 4.77. The average Bonchev–Trinajstić information content (AvgIpc) is 2.15. The predicted octanol–water partition coefficient (Wildman–Crippen LogP) is 0.803. The minimum atomic E-state index is -0.0975. The molecular formula is C10H16N4O. The zero-order valence-corrected chi connectivity index (χ0v) is 9.24. The van der Waals surface area contributed by atoms with Gasteiger partial charge in [-0.15, -0.1) is 0 Å². The Labute approximate surface area is 89.3 Å². The molecule has 0 aromatic carbocycles. The fourth-order valence-corrected chi connectivity index (χ4v) is 0.914. The predicted molar refractivity (Wildman–Crippen MR) is 58.4 cm³/mol. The molecule has 0 aliphatic carbocycles. The van der Waals surface area contributed by atoms with E-state index >= 15 is 0 Å². The monoisotopic (exact) mass is 208 g/mol. The van der Waals surface area contributed by atoms with E-state index in [-0.39, 0.29) is 18.0 Å². The molecule has 2 N–H and O–H groups in total. The van der Waals surface area contributed by atoms with E-state index in [1.165, 1.54) is 6.33 Å². The minimum Gasteiger partial charge on any atom is -0.322 e. The quantitative estimate of drug-likeness (QED) is 0.771. The Balaban J connectivity index is 2.38. The molecule has 0 spiro atoms. The molecule has 15 heavy (non-hydrogen) atoms. The highest BCUT2D eigenvalue weighted by atomic mass is 16.1. The second-order valence-electron chi connectivity index (χ2n) is 4.28. The third-order valence-corrected chi connectivity index (χ3v) is 1.62. The normalized spacial score (nSPS) is 11.1. The van der Waals surface area contributed by atoms with Gasteiger partial charge in [-0.1, -0.05) is 0 Å². The van der Waals surface area contributed by atoms with Crippen LogP contribution in [-0.4, -0.2) is 28.0 Å². The summed E-state index contributed by atoms with van der Waals surface area (Å²) < 4.78 is 0. The van der Waals surface area contributed by atoms with Gasteiger partial charge in [-0.3, -0.25) is 4.79 Å². The first-order valence-corrected chi connectivity index (χ1v) is 4.77. The van der Waals surface area contributed by atoms with Gasteiger partial charge >= 0.3 is 0 Å². The van der Waals surface area contributed by atoms with Gasteiger partial charge in [0.25, 0.3) is 0 Å². The summed E-state index contributed by atoms with van der Waals surface area (Å²) in [6.45, 7) is 6.29. The SMILES string of the molecule is CC(C)(C)NCC(=O)Nc1cncnc1. The molecule has 0 atom stereocenters. The molecule has 0 unspecified atom stereocenters. The Morgan fingerprint density at radius 1 is 1.33 bits per heavy atom. The summed E-state index contributed by atoms with van der Waals surface area (Å²) in [6.07, 6.45) is 4.53. The first-order chi connectivity index (χ1) is 6.97. The van der Waals surface area contributed by atoms with E-state index < -0.39 is 0 Å². The maximum absolute atomic E-state index is 11.4. The number of anilines is 1. The number of rotatable bonds is 3. The van der Waals surface area contributed by atoms with E-state index in [9.17, 15) is 4.79 Å². The van der Waals surface area contributed by atoms with Crippen molar-refractivity contribution < 1.29 is 4.79 Å². The molecule has 1 rings (SSSR count). The first kappa shape index (κ1) is 11.6. The third-order valence-electron chi connectivity index (χ3n) is 1.62. The van der Waals surface area contributed by atoms with Gasteiger partial charge in [-0.05, 0) is 20.8 Å². The molecule has 0 radical (unpaired) electrons. The maximum atomic E-state index is 11.4. The van der Waals surface area contributed by atoms with Gasteiger partial charge in [-0.2, -0.15) is 0 Å². The van der Waals surface area contributed by atoms with Crippen molar-refractivity contribution in [2.75, 3.05) is 11.9 Å². The van der Waals surface area contributed by atoms with Crippen LogP contribution in [0.1, 0.15) is 20.8 Å². The molecule has 0 aliphatic heterocycles. The van der Waals surface area contributed by atoms with Crippen LogP contribution in [0.5, 0.6) is 0 Å². The molecule has 5 heteroatoms. The van der Waals surface area contributed by atoms with Crippen molar-refractivity contribution in [2.45, 2.75) is 26.3 Å². The standard InChI is InChI=1S/C10H16N4O/c1-10(2,3)13-6-9(15)14-8-4-11-7-12-5-8/h4-5,7,13H,6H2,1-3H3,(H,14,15). The minimum absolute atomic E-state index is 0.0650. The third kappa shape index (κ3) is 5.07. The van der Waals surface area contributed by atoms with Crippen molar-refractivity contribution in [3.8, 4) is 0 Å². The van der Waals surface area contributed by atoms with Crippen LogP contribution in [0.3, 0.4) is 0 Å². The lowest BCUT2D eigenvalue weighted by Gasteiger charge is -2.19. The summed E-state index contributed by atoms with van der Waals surface area (Å²) in [6, 6.07) is 0. The van der Waals surface area contributed by atoms with Gasteiger partial charge < -0.3 is 10.6 Å². The van der Waals surface area contributed by atoms with Crippen LogP contribution in [0, 0.1) is 0 Å². The van der Waals surface area contributed by atoms with Crippen molar-refractivity contribution in [1.29, 1.82) is 0 Å². The Morgan fingerprint density at radius 3 is 2.47 bits per heavy atom. The Morgan fingerprint density at radius 2 is 1.93 bits per heavy atom. The van der Waals surface area contributed by atoms with Crippen molar-refractivity contribution in [1.82, 2.24) is 15.3 Å². The van der Waals surface area contributed by atoms with Gasteiger partial charge in [0.1, 0.15) is 6.33 Å². The number of amides is 1. The molecule has 0 bridgehead atoms. The number of hydrogen-bond acceptors (Lipinski definition) is 4. The van der Waals surface area contributed by atoms with E-state index in [1.54, 1.807) is 12.4 Å². The highest BCUT2D eigenvalue weighted by molar-refractivity contribution is 5.91. The lowest BCUT2D eigenvalue weighted by atomic mass is 10.1. The van der Waals surface area contributed by atoms with Crippen molar-refractivity contribution in [2.24, 2.45) is 0 Å². The van der Waals surface area contributed by atoms with Crippen LogP contribution in [-0.2, 0) is 4.79 Å². The van der Waals surface area contributed by atoms with E-state index in [0.717, 1.165) is 0 Å². The molecule has 0 fully saturated rings. The lowest BCUT2D eigenvalue weighted by Crippen LogP contribution is -2.41. The highest BCUT2D eigenvalue weighted by Gasteiger charge is 2.11. The molecule has 0 aliphatic rings. The summed E-state index contributed by atoms with van der Waals surface area (Å²) in [4.78, 5) is 19.0. The number of nitrogens with zero attached hydrogens (tertiary/aromatic N) is 2.